The fraction of sp³-hybridized carbons (Fsp3) is 0.333. The molecule has 1 aromatic heterocycles. The second-order valence-corrected chi connectivity index (χ2v) is 4.92. The summed E-state index contributed by atoms with van der Waals surface area (Å²) < 4.78 is 15.1. The summed E-state index contributed by atoms with van der Waals surface area (Å²) in [7, 11) is 0. The van der Waals surface area contributed by atoms with Crippen molar-refractivity contribution in [2.45, 2.75) is 32.9 Å². The van der Waals surface area contributed by atoms with Gasteiger partial charge in [-0.25, -0.2) is 14.2 Å². The van der Waals surface area contributed by atoms with Crippen molar-refractivity contribution in [3.05, 3.63) is 48.3 Å². The Morgan fingerprint density at radius 2 is 2.29 bits per heavy atom. The number of nitrogens with one attached hydrogen (secondary N) is 2. The molecule has 0 bridgehead atoms. The predicted octanol–water partition coefficient (Wildman–Crippen LogP) is 2.93. The number of anilines is 1. The summed E-state index contributed by atoms with van der Waals surface area (Å²) in [5.41, 5.74) is 1.29. The number of hydrogen-bond donors (Lipinski definition) is 2. The van der Waals surface area contributed by atoms with E-state index in [9.17, 15) is 9.18 Å². The summed E-state index contributed by atoms with van der Waals surface area (Å²) in [5.74, 6) is -0.374. The van der Waals surface area contributed by atoms with Crippen LogP contribution in [0.5, 0.6) is 0 Å². The molecule has 2 N–H and O–H groups in total. The normalized spacial score (nSPS) is 12.0. The van der Waals surface area contributed by atoms with Gasteiger partial charge in [0, 0.05) is 30.7 Å². The SMILES string of the molecule is CC[C@H](Cn1ccnc1)NC(=O)Nc1cc(F)ccc1C. The van der Waals surface area contributed by atoms with E-state index in [1.165, 1.54) is 12.1 Å². The van der Waals surface area contributed by atoms with Crippen LogP contribution in [0.1, 0.15) is 18.9 Å². The average molecular weight is 290 g/mol. The highest BCUT2D eigenvalue weighted by Gasteiger charge is 2.12. The van der Waals surface area contributed by atoms with Crippen molar-refractivity contribution < 1.29 is 9.18 Å². The molecule has 5 nitrogen and oxygen atoms in total. The lowest BCUT2D eigenvalue weighted by Gasteiger charge is -2.18. The molecule has 1 heterocycles. The largest absolute Gasteiger partial charge is 0.335 e. The number of aryl methyl sites for hydroxylation is 1. The zero-order valence-corrected chi connectivity index (χ0v) is 12.1. The Balaban J connectivity index is 1.95. The van der Waals surface area contributed by atoms with Crippen molar-refractivity contribution >= 4 is 11.7 Å². The fourth-order valence-electron chi connectivity index (χ4n) is 2.00. The first kappa shape index (κ1) is 15.0. The summed E-state index contributed by atoms with van der Waals surface area (Å²) in [6.07, 6.45) is 6.04. The number of halogens is 1. The van der Waals surface area contributed by atoms with Gasteiger partial charge in [-0.3, -0.25) is 0 Å². The van der Waals surface area contributed by atoms with Crippen molar-refractivity contribution in [2.24, 2.45) is 0 Å². The number of carbonyl (C=O) groups excluding carboxylic acids is 1. The monoisotopic (exact) mass is 290 g/mol. The number of amides is 2. The minimum absolute atomic E-state index is 0.0203. The molecule has 21 heavy (non-hydrogen) atoms. The van der Waals surface area contributed by atoms with E-state index in [1.807, 2.05) is 24.6 Å². The van der Waals surface area contributed by atoms with Crippen LogP contribution in [0, 0.1) is 12.7 Å². The molecule has 1 atom stereocenters. The zero-order chi connectivity index (χ0) is 15.2. The van der Waals surface area contributed by atoms with Crippen molar-refractivity contribution in [2.75, 3.05) is 5.32 Å². The molecule has 0 aliphatic heterocycles. The molecule has 112 valence electrons. The van der Waals surface area contributed by atoms with E-state index in [0.29, 0.717) is 12.2 Å². The van der Waals surface area contributed by atoms with Crippen LogP contribution >= 0.6 is 0 Å². The van der Waals surface area contributed by atoms with Gasteiger partial charge < -0.3 is 15.2 Å². The van der Waals surface area contributed by atoms with Gasteiger partial charge in [-0.15, -0.1) is 0 Å². The van der Waals surface area contributed by atoms with Gasteiger partial charge in [0.05, 0.1) is 6.33 Å². The van der Waals surface area contributed by atoms with Gasteiger partial charge in [-0.05, 0) is 31.0 Å². The second kappa shape index (κ2) is 6.88. The van der Waals surface area contributed by atoms with E-state index < -0.39 is 0 Å². The molecule has 0 spiro atoms. The van der Waals surface area contributed by atoms with Crippen LogP contribution in [0.3, 0.4) is 0 Å². The van der Waals surface area contributed by atoms with Gasteiger partial charge in [0.25, 0.3) is 0 Å². The van der Waals surface area contributed by atoms with Crippen LogP contribution in [0.15, 0.2) is 36.9 Å². The Morgan fingerprint density at radius 3 is 2.95 bits per heavy atom. The first-order chi connectivity index (χ1) is 10.1. The quantitative estimate of drug-likeness (QED) is 0.889. The molecule has 1 aromatic carbocycles. The van der Waals surface area contributed by atoms with Gasteiger partial charge in [-0.2, -0.15) is 0 Å². The summed E-state index contributed by atoms with van der Waals surface area (Å²) in [6, 6.07) is 3.95. The van der Waals surface area contributed by atoms with E-state index in [0.717, 1.165) is 12.0 Å². The Labute approximate surface area is 123 Å². The first-order valence-corrected chi connectivity index (χ1v) is 6.88. The Bertz CT molecular complexity index is 598. The number of nitrogens with zero attached hydrogens (tertiary/aromatic N) is 2. The molecule has 0 aliphatic rings. The van der Waals surface area contributed by atoms with Crippen molar-refractivity contribution in [1.29, 1.82) is 0 Å². The first-order valence-electron chi connectivity index (χ1n) is 6.88. The van der Waals surface area contributed by atoms with Gasteiger partial charge >= 0.3 is 6.03 Å². The number of carbonyl (C=O) groups is 1. The van der Waals surface area contributed by atoms with Gasteiger partial charge in [0.15, 0.2) is 0 Å². The highest BCUT2D eigenvalue weighted by Crippen LogP contribution is 2.15. The number of hydrogen-bond acceptors (Lipinski definition) is 2. The summed E-state index contributed by atoms with van der Waals surface area (Å²) in [4.78, 5) is 16.0. The van der Waals surface area contributed by atoms with E-state index in [1.54, 1.807) is 18.6 Å². The smallest absolute Gasteiger partial charge is 0.319 e. The van der Waals surface area contributed by atoms with Crippen LogP contribution in [0.4, 0.5) is 14.9 Å². The molecule has 2 rings (SSSR count). The fourth-order valence-corrected chi connectivity index (χ4v) is 2.00. The maximum atomic E-state index is 13.2. The predicted molar refractivity (Wildman–Crippen MR) is 79.6 cm³/mol. The van der Waals surface area contributed by atoms with Gasteiger partial charge in [0.1, 0.15) is 5.82 Å². The molecule has 6 heteroatoms. The highest BCUT2D eigenvalue weighted by molar-refractivity contribution is 5.90. The van der Waals surface area contributed by atoms with E-state index in [2.05, 4.69) is 15.6 Å². The molecular formula is C15H19FN4O. The molecule has 0 saturated heterocycles. The second-order valence-electron chi connectivity index (χ2n) is 4.92. The van der Waals surface area contributed by atoms with E-state index >= 15 is 0 Å². The number of imidazole rings is 1. The van der Waals surface area contributed by atoms with Gasteiger partial charge in [-0.1, -0.05) is 13.0 Å². The molecule has 2 amide bonds. The number of benzene rings is 1. The van der Waals surface area contributed by atoms with Crippen LogP contribution in [0.25, 0.3) is 0 Å². The highest BCUT2D eigenvalue weighted by atomic mass is 19.1. The zero-order valence-electron chi connectivity index (χ0n) is 12.1. The molecule has 0 fully saturated rings. The number of rotatable bonds is 5. The van der Waals surface area contributed by atoms with Crippen molar-refractivity contribution in [3.8, 4) is 0 Å². The minimum atomic E-state index is -0.374. The Kier molecular flexibility index (Phi) is 4.92. The topological polar surface area (TPSA) is 59.0 Å². The standard InChI is InChI=1S/C15H19FN4O/c1-3-13(9-20-7-6-17-10-20)18-15(21)19-14-8-12(16)5-4-11(14)2/h4-8,10,13H,3,9H2,1-2H3,(H2,18,19,21)/t13-/m1/s1. The molecule has 0 aliphatic carbocycles. The summed E-state index contributed by atoms with van der Waals surface area (Å²) >= 11 is 0. The van der Waals surface area contributed by atoms with E-state index in [-0.39, 0.29) is 17.9 Å². The third kappa shape index (κ3) is 4.30. The van der Waals surface area contributed by atoms with E-state index in [4.69, 9.17) is 0 Å². The Morgan fingerprint density at radius 1 is 1.48 bits per heavy atom. The van der Waals surface area contributed by atoms with Crippen LogP contribution in [-0.2, 0) is 6.54 Å². The van der Waals surface area contributed by atoms with Crippen LogP contribution < -0.4 is 10.6 Å². The van der Waals surface area contributed by atoms with Crippen molar-refractivity contribution in [3.63, 3.8) is 0 Å². The third-order valence-corrected chi connectivity index (χ3v) is 3.27. The van der Waals surface area contributed by atoms with Crippen LogP contribution in [0.2, 0.25) is 0 Å². The van der Waals surface area contributed by atoms with Gasteiger partial charge in [0.2, 0.25) is 0 Å². The summed E-state index contributed by atoms with van der Waals surface area (Å²) in [5, 5.41) is 5.56. The lowest BCUT2D eigenvalue weighted by Crippen LogP contribution is -2.40. The maximum Gasteiger partial charge on any atom is 0.319 e. The van der Waals surface area contributed by atoms with Crippen molar-refractivity contribution in [1.82, 2.24) is 14.9 Å². The lowest BCUT2D eigenvalue weighted by molar-refractivity contribution is 0.246. The van der Waals surface area contributed by atoms with Crippen LogP contribution in [-0.4, -0.2) is 21.6 Å². The molecule has 0 unspecified atom stereocenters. The number of aromatic nitrogens is 2. The average Bonchev–Trinajstić information content (AvgIpc) is 2.95. The summed E-state index contributed by atoms with van der Waals surface area (Å²) in [6.45, 7) is 4.46. The minimum Gasteiger partial charge on any atom is -0.335 e. The lowest BCUT2D eigenvalue weighted by atomic mass is 10.2. The molecular weight excluding hydrogens is 271 g/mol. The third-order valence-electron chi connectivity index (χ3n) is 3.27. The molecule has 2 aromatic rings. The molecule has 0 radical (unpaired) electrons. The molecule has 0 saturated carbocycles. The Hall–Kier alpha value is -2.37. The maximum absolute atomic E-state index is 13.2. The number of urea groups is 1.